The van der Waals surface area contributed by atoms with E-state index in [1.54, 1.807) is 37.3 Å². The van der Waals surface area contributed by atoms with Crippen molar-refractivity contribution in [2.24, 2.45) is 5.11 Å². The van der Waals surface area contributed by atoms with E-state index in [-0.39, 0.29) is 56.9 Å². The van der Waals surface area contributed by atoms with Gasteiger partial charge < -0.3 is 71.1 Å². The van der Waals surface area contributed by atoms with Crippen molar-refractivity contribution in [1.29, 1.82) is 0 Å². The first-order valence-corrected chi connectivity index (χ1v) is 47.9. The monoisotopic (exact) mass is 1730 g/mol. The second kappa shape index (κ2) is 67.5. The number of ether oxygens (including phenoxy) is 15. The smallest absolute Gasteiger partial charge is 0.338 e. The molecule has 26 nitrogen and oxygen atoms in total. The Balaban J connectivity index is 1.65. The standard InChI is InChI=1S/C97H157N3O23/c1-9-13-17-21-25-29-30-31-32-33-34-38-42-44-55-66-82(105)118-86-73(5)114-96(110-69-59-49-58-64-80(103)109-8)93(121-94(108)77-62-52-48-53-63-77)90(86)123-95-85(99-100-98)89(87(115-75(7)102)78(116-95)71-111-74(6)101)122-97-92(113-70-76-60-50-47-51-61-76)91(120-84(107)68-57-46-41-37-28-24-20-16-12-4)88(119-83(106)67-56-45-40-36-27-23-19-15-11-3)79(117-97)72-112-81(104)65-54-43-39-35-26-22-18-14-10-2/h47-48,50-53,60-63,73,78-79,85-93,95-97H,9-46,49,54-59,64-72H2,1-8H3/t73-,78+,79+,85+,86-,87+,88-,89+,90+,91-,92+,93+,95+,96+,97+/m0/s1. The van der Waals surface area contributed by atoms with Crippen LogP contribution in [0, 0.1) is 0 Å². The van der Waals surface area contributed by atoms with Gasteiger partial charge in [0, 0.05) is 57.5 Å². The Morgan fingerprint density at radius 2 is 0.740 bits per heavy atom. The normalized spacial score (nSPS) is 22.5. The highest BCUT2D eigenvalue weighted by molar-refractivity contribution is 5.89. The van der Waals surface area contributed by atoms with Gasteiger partial charge in [-0.15, -0.1) is 0 Å². The summed E-state index contributed by atoms with van der Waals surface area (Å²) in [6, 6.07) is 15.3. The number of azide groups is 1. The van der Waals surface area contributed by atoms with Gasteiger partial charge >= 0.3 is 47.8 Å². The lowest BCUT2D eigenvalue weighted by molar-refractivity contribution is -0.366. The molecule has 3 aliphatic rings. The minimum Gasteiger partial charge on any atom is -0.469 e. The quantitative estimate of drug-likeness (QED) is 0.0148. The maximum Gasteiger partial charge on any atom is 0.338 e. The molecule has 0 aromatic heterocycles. The molecule has 3 fully saturated rings. The molecule has 15 atom stereocenters. The molecule has 5 rings (SSSR count). The van der Waals surface area contributed by atoms with Crippen LogP contribution in [-0.4, -0.2) is 167 Å². The third kappa shape index (κ3) is 45.5. The van der Waals surface area contributed by atoms with E-state index < -0.39 is 147 Å². The van der Waals surface area contributed by atoms with Crippen molar-refractivity contribution in [3.63, 3.8) is 0 Å². The van der Waals surface area contributed by atoms with E-state index in [2.05, 4.69) is 37.7 Å². The summed E-state index contributed by atoms with van der Waals surface area (Å²) in [5, 5.41) is 4.32. The molecular weight excluding hydrogens is 1580 g/mol. The molecule has 0 bridgehead atoms. The first-order valence-electron chi connectivity index (χ1n) is 47.9. The predicted molar refractivity (Wildman–Crippen MR) is 469 cm³/mol. The van der Waals surface area contributed by atoms with Crippen LogP contribution in [0.2, 0.25) is 0 Å². The third-order valence-electron chi connectivity index (χ3n) is 23.2. The van der Waals surface area contributed by atoms with Crippen molar-refractivity contribution in [3.8, 4) is 0 Å². The molecule has 0 radical (unpaired) electrons. The topological polar surface area (TPSA) is 324 Å². The molecule has 0 amide bonds. The summed E-state index contributed by atoms with van der Waals surface area (Å²) in [6.45, 7) is 11.3. The number of esters is 8. The van der Waals surface area contributed by atoms with E-state index in [1.807, 2.05) is 30.3 Å². The van der Waals surface area contributed by atoms with Gasteiger partial charge in [-0.05, 0) is 68.7 Å². The van der Waals surface area contributed by atoms with Gasteiger partial charge in [0.1, 0.15) is 49.8 Å². The van der Waals surface area contributed by atoms with E-state index >= 15 is 0 Å². The van der Waals surface area contributed by atoms with Gasteiger partial charge in [0.2, 0.25) is 0 Å². The van der Waals surface area contributed by atoms with Crippen LogP contribution in [0.3, 0.4) is 0 Å². The average molecular weight is 1730 g/mol. The Morgan fingerprint density at radius 1 is 0.358 bits per heavy atom. The molecule has 3 aliphatic heterocycles. The third-order valence-corrected chi connectivity index (χ3v) is 23.2. The van der Waals surface area contributed by atoms with Crippen LogP contribution >= 0.6 is 0 Å². The van der Waals surface area contributed by atoms with Crippen molar-refractivity contribution < 1.29 is 109 Å². The van der Waals surface area contributed by atoms with Crippen LogP contribution in [0.5, 0.6) is 0 Å². The van der Waals surface area contributed by atoms with Gasteiger partial charge in [-0.3, -0.25) is 33.6 Å². The summed E-state index contributed by atoms with van der Waals surface area (Å²) in [4.78, 5) is 115. The van der Waals surface area contributed by atoms with E-state index in [9.17, 15) is 43.9 Å². The maximum absolute atomic E-state index is 14.9. The summed E-state index contributed by atoms with van der Waals surface area (Å²) in [5.41, 5.74) is 11.8. The number of carbonyl (C=O) groups excluding carboxylic acids is 8. The Labute approximate surface area is 736 Å². The molecule has 26 heteroatoms. The van der Waals surface area contributed by atoms with Crippen LogP contribution in [0.1, 0.15) is 385 Å². The number of nitrogens with zero attached hydrogens (tertiary/aromatic N) is 3. The van der Waals surface area contributed by atoms with Crippen molar-refractivity contribution >= 4 is 47.8 Å². The fourth-order valence-corrected chi connectivity index (χ4v) is 16.1. The number of methoxy groups -OCH3 is 1. The largest absolute Gasteiger partial charge is 0.469 e. The number of unbranched alkanes of at least 4 members (excludes halogenated alkanes) is 40. The van der Waals surface area contributed by atoms with Crippen molar-refractivity contribution in [2.45, 2.75) is 468 Å². The summed E-state index contributed by atoms with van der Waals surface area (Å²) in [6.07, 6.45) is 22.6. The average Bonchev–Trinajstić information content (AvgIpc) is 0.759. The lowest BCUT2D eigenvalue weighted by Gasteiger charge is -2.50. The predicted octanol–water partition coefficient (Wildman–Crippen LogP) is 22.0. The molecule has 2 aromatic carbocycles. The zero-order valence-electron chi connectivity index (χ0n) is 76.3. The van der Waals surface area contributed by atoms with Gasteiger partial charge in [0.05, 0.1) is 25.4 Å². The van der Waals surface area contributed by atoms with E-state index in [0.717, 1.165) is 168 Å². The molecule has 2 aromatic rings. The molecule has 698 valence electrons. The van der Waals surface area contributed by atoms with Crippen LogP contribution < -0.4 is 0 Å². The van der Waals surface area contributed by atoms with Crippen molar-refractivity contribution in [1.82, 2.24) is 0 Å². The highest BCUT2D eigenvalue weighted by atomic mass is 16.8. The molecule has 0 unspecified atom stereocenters. The van der Waals surface area contributed by atoms with Crippen molar-refractivity contribution in [3.05, 3.63) is 82.2 Å². The Morgan fingerprint density at radius 3 is 1.18 bits per heavy atom. The Hall–Kier alpha value is -6.77. The van der Waals surface area contributed by atoms with Gasteiger partial charge in [-0.2, -0.15) is 0 Å². The maximum atomic E-state index is 14.9. The van der Waals surface area contributed by atoms with E-state index in [1.165, 1.54) is 97.0 Å². The first kappa shape index (κ1) is 107. The van der Waals surface area contributed by atoms with E-state index in [0.29, 0.717) is 50.5 Å². The van der Waals surface area contributed by atoms with Crippen LogP contribution in [0.25, 0.3) is 10.4 Å². The highest BCUT2D eigenvalue weighted by Crippen LogP contribution is 2.40. The van der Waals surface area contributed by atoms with Crippen LogP contribution in [0.4, 0.5) is 0 Å². The molecular formula is C97H157N3O23. The summed E-state index contributed by atoms with van der Waals surface area (Å²) < 4.78 is 97.5. The Kier molecular flexibility index (Phi) is 58.6. The molecule has 3 saturated heterocycles. The van der Waals surface area contributed by atoms with E-state index in [4.69, 9.17) is 71.1 Å². The second-order valence-electron chi connectivity index (χ2n) is 33.8. The minimum absolute atomic E-state index is 0.00333. The van der Waals surface area contributed by atoms with Gasteiger partial charge in [0.15, 0.2) is 49.4 Å². The second-order valence-corrected chi connectivity index (χ2v) is 33.8. The number of hydrogen-bond donors (Lipinski definition) is 0. The van der Waals surface area contributed by atoms with Crippen LogP contribution in [0.15, 0.2) is 65.8 Å². The number of hydrogen-bond acceptors (Lipinski definition) is 24. The molecule has 0 saturated carbocycles. The minimum atomic E-state index is -1.94. The van der Waals surface area contributed by atoms with Gasteiger partial charge in [-0.25, -0.2) is 4.79 Å². The fourth-order valence-electron chi connectivity index (χ4n) is 16.1. The highest BCUT2D eigenvalue weighted by Gasteiger charge is 2.59. The first-order chi connectivity index (χ1) is 59.9. The summed E-state index contributed by atoms with van der Waals surface area (Å²) in [5.74, 6) is -5.42. The number of benzene rings is 2. The zero-order chi connectivity index (χ0) is 88.7. The van der Waals surface area contributed by atoms with Gasteiger partial charge in [0.25, 0.3) is 0 Å². The molecule has 0 N–H and O–H groups in total. The zero-order valence-corrected chi connectivity index (χ0v) is 76.3. The lowest BCUT2D eigenvalue weighted by atomic mass is 9.94. The molecule has 0 aliphatic carbocycles. The van der Waals surface area contributed by atoms with Crippen molar-refractivity contribution in [2.75, 3.05) is 26.9 Å². The molecule has 123 heavy (non-hydrogen) atoms. The Bertz CT molecular complexity index is 3200. The molecule has 3 heterocycles. The fraction of sp³-hybridized carbons (Fsp3) is 0.794. The lowest BCUT2D eigenvalue weighted by Crippen LogP contribution is -2.68. The molecule has 0 spiro atoms. The number of rotatable bonds is 71. The van der Waals surface area contributed by atoms with Crippen LogP contribution in [-0.2, 0) is 111 Å². The number of carbonyl (C=O) groups is 8. The SMILES string of the molecule is CCCCCCCCCCCCCCCCCC(=O)O[C@@H]1[C@@H](O[C@H]2O[C@H](COC(C)=O)[C@@H](OC(C)=O)[C@H](O[C@H]3O[C@H](COC(=O)CCCCCCCCCCC)[C@H](OC(=O)CCCCCCCCCCC)[C@H](OC(=O)CCCCCCCCCCC)[C@H]3OCc3ccccc3)[C@H]2N=[N+]=[N-])[C@@H](OC(=O)c2ccccc2)[C@H](OCCCCCC(=O)OC)O[C@H]1C. The summed E-state index contributed by atoms with van der Waals surface area (Å²) >= 11 is 0. The van der Waals surface area contributed by atoms with Gasteiger partial charge in [-0.1, -0.05) is 332 Å². The summed E-state index contributed by atoms with van der Waals surface area (Å²) in [7, 11) is 1.32.